The summed E-state index contributed by atoms with van der Waals surface area (Å²) in [6.07, 6.45) is 0. The third-order valence-corrected chi connectivity index (χ3v) is 2.99. The summed E-state index contributed by atoms with van der Waals surface area (Å²) in [7, 11) is 1.50. The Bertz CT molecular complexity index is 701. The Morgan fingerprint density at radius 2 is 1.86 bits per heavy atom. The number of hydrogen-bond donors (Lipinski definition) is 1. The number of amides is 1. The second kappa shape index (κ2) is 5.58. The molecule has 21 heavy (non-hydrogen) atoms. The van der Waals surface area contributed by atoms with Crippen LogP contribution in [-0.4, -0.2) is 17.9 Å². The van der Waals surface area contributed by atoms with E-state index in [0.29, 0.717) is 5.69 Å². The van der Waals surface area contributed by atoms with Crippen molar-refractivity contribution in [2.24, 2.45) is 0 Å². The summed E-state index contributed by atoms with van der Waals surface area (Å²) in [5.74, 6) is -0.868. The van der Waals surface area contributed by atoms with E-state index >= 15 is 0 Å². The van der Waals surface area contributed by atoms with E-state index in [1.54, 1.807) is 0 Å². The second-order valence-electron chi connectivity index (χ2n) is 4.37. The Morgan fingerprint density at radius 3 is 2.43 bits per heavy atom. The molecule has 2 rings (SSSR count). The highest BCUT2D eigenvalue weighted by Crippen LogP contribution is 2.24. The Hall–Kier alpha value is -2.96. The molecule has 0 bridgehead atoms. The lowest BCUT2D eigenvalue weighted by Gasteiger charge is -2.17. The molecule has 0 saturated heterocycles. The lowest BCUT2D eigenvalue weighted by molar-refractivity contribution is -0.383. The van der Waals surface area contributed by atoms with Gasteiger partial charge in [-0.15, -0.1) is 0 Å². The number of nitro benzene ring substituents is 1. The molecule has 2 aromatic rings. The summed E-state index contributed by atoms with van der Waals surface area (Å²) >= 11 is 0. The van der Waals surface area contributed by atoms with E-state index in [-0.39, 0.29) is 16.9 Å². The van der Waals surface area contributed by atoms with Crippen LogP contribution < -0.4 is 10.6 Å². The molecule has 0 aliphatic rings. The number of carbonyl (C=O) groups is 1. The first-order valence-corrected chi connectivity index (χ1v) is 5.97. The maximum Gasteiger partial charge on any atom is 0.292 e. The van der Waals surface area contributed by atoms with Crippen molar-refractivity contribution < 1.29 is 14.1 Å². The molecule has 0 saturated carbocycles. The standard InChI is InChI=1S/C14H12FN3O3/c1-17(11-5-3-10(15)4-6-11)14(19)9-2-7-12(16)13(8-9)18(20)21/h2-8H,16H2,1H3. The number of halogens is 1. The van der Waals surface area contributed by atoms with Gasteiger partial charge in [-0.2, -0.15) is 0 Å². The van der Waals surface area contributed by atoms with Crippen LogP contribution in [-0.2, 0) is 0 Å². The molecule has 108 valence electrons. The quantitative estimate of drug-likeness (QED) is 0.534. The fraction of sp³-hybridized carbons (Fsp3) is 0.0714. The third kappa shape index (κ3) is 2.97. The molecule has 0 heterocycles. The first kappa shape index (κ1) is 14.4. The number of nitrogens with zero attached hydrogens (tertiary/aromatic N) is 2. The van der Waals surface area contributed by atoms with Crippen LogP contribution in [0.3, 0.4) is 0 Å². The molecular weight excluding hydrogens is 277 g/mol. The van der Waals surface area contributed by atoms with E-state index in [4.69, 9.17) is 5.73 Å². The van der Waals surface area contributed by atoms with Gasteiger partial charge in [-0.25, -0.2) is 4.39 Å². The summed E-state index contributed by atoms with van der Waals surface area (Å²) in [5, 5.41) is 10.8. The zero-order valence-corrected chi connectivity index (χ0v) is 11.1. The van der Waals surface area contributed by atoms with Gasteiger partial charge in [0.15, 0.2) is 0 Å². The van der Waals surface area contributed by atoms with Crippen LogP contribution in [0, 0.1) is 15.9 Å². The van der Waals surface area contributed by atoms with E-state index in [1.165, 1.54) is 48.3 Å². The summed E-state index contributed by atoms with van der Waals surface area (Å²) < 4.78 is 12.9. The van der Waals surface area contributed by atoms with E-state index < -0.39 is 16.6 Å². The zero-order valence-electron chi connectivity index (χ0n) is 11.1. The molecule has 2 aromatic carbocycles. The minimum atomic E-state index is -0.649. The highest BCUT2D eigenvalue weighted by atomic mass is 19.1. The van der Waals surface area contributed by atoms with Crippen LogP contribution in [0.4, 0.5) is 21.5 Å². The summed E-state index contributed by atoms with van der Waals surface area (Å²) in [5.41, 5.74) is 5.75. The molecule has 1 amide bonds. The highest BCUT2D eigenvalue weighted by Gasteiger charge is 2.19. The maximum absolute atomic E-state index is 12.9. The average molecular weight is 289 g/mol. The number of benzene rings is 2. The van der Waals surface area contributed by atoms with Gasteiger partial charge in [-0.1, -0.05) is 0 Å². The van der Waals surface area contributed by atoms with Crippen molar-refractivity contribution >= 4 is 23.0 Å². The van der Waals surface area contributed by atoms with Crippen LogP contribution in [0.25, 0.3) is 0 Å². The van der Waals surface area contributed by atoms with E-state index in [9.17, 15) is 19.3 Å². The van der Waals surface area contributed by atoms with Gasteiger partial charge >= 0.3 is 0 Å². The van der Waals surface area contributed by atoms with Gasteiger partial charge in [0.05, 0.1) is 4.92 Å². The van der Waals surface area contributed by atoms with E-state index in [1.807, 2.05) is 0 Å². The predicted molar refractivity (Wildman–Crippen MR) is 76.6 cm³/mol. The first-order valence-electron chi connectivity index (χ1n) is 5.97. The fourth-order valence-electron chi connectivity index (χ4n) is 1.81. The maximum atomic E-state index is 12.9. The molecule has 0 aliphatic carbocycles. The molecule has 0 aliphatic heterocycles. The SMILES string of the molecule is CN(C(=O)c1ccc(N)c([N+](=O)[O-])c1)c1ccc(F)cc1. The van der Waals surface area contributed by atoms with Gasteiger partial charge in [0, 0.05) is 24.4 Å². The van der Waals surface area contributed by atoms with Gasteiger partial charge in [-0.05, 0) is 36.4 Å². The Kier molecular flexibility index (Phi) is 3.84. The average Bonchev–Trinajstić information content (AvgIpc) is 2.46. The number of nitro groups is 1. The van der Waals surface area contributed by atoms with Gasteiger partial charge in [0.2, 0.25) is 0 Å². The topological polar surface area (TPSA) is 89.5 Å². The third-order valence-electron chi connectivity index (χ3n) is 2.99. The monoisotopic (exact) mass is 289 g/mol. The molecule has 0 aromatic heterocycles. The van der Waals surface area contributed by atoms with Gasteiger partial charge in [-0.3, -0.25) is 14.9 Å². The van der Waals surface area contributed by atoms with Gasteiger partial charge < -0.3 is 10.6 Å². The Balaban J connectivity index is 2.33. The summed E-state index contributed by atoms with van der Waals surface area (Å²) in [6, 6.07) is 9.18. The minimum absolute atomic E-state index is 0.0130. The van der Waals surface area contributed by atoms with Crippen LogP contribution >= 0.6 is 0 Å². The number of nitrogens with two attached hydrogens (primary N) is 1. The van der Waals surface area contributed by atoms with Gasteiger partial charge in [0.25, 0.3) is 11.6 Å². The van der Waals surface area contributed by atoms with Crippen molar-refractivity contribution in [3.05, 3.63) is 64.0 Å². The lowest BCUT2D eigenvalue weighted by Crippen LogP contribution is -2.26. The van der Waals surface area contributed by atoms with E-state index in [0.717, 1.165) is 6.07 Å². The van der Waals surface area contributed by atoms with Crippen molar-refractivity contribution in [3.8, 4) is 0 Å². The molecule has 0 spiro atoms. The Labute approximate surface area is 119 Å². The van der Waals surface area contributed by atoms with Crippen molar-refractivity contribution in [1.82, 2.24) is 0 Å². The fourth-order valence-corrected chi connectivity index (χ4v) is 1.81. The highest BCUT2D eigenvalue weighted by molar-refractivity contribution is 6.06. The first-order chi connectivity index (χ1) is 9.90. The second-order valence-corrected chi connectivity index (χ2v) is 4.37. The number of hydrogen-bond acceptors (Lipinski definition) is 4. The van der Waals surface area contributed by atoms with Crippen LogP contribution in [0.15, 0.2) is 42.5 Å². The Morgan fingerprint density at radius 1 is 1.24 bits per heavy atom. The number of anilines is 2. The normalized spacial score (nSPS) is 10.2. The van der Waals surface area contributed by atoms with Crippen LogP contribution in [0.5, 0.6) is 0 Å². The van der Waals surface area contributed by atoms with Crippen molar-refractivity contribution in [1.29, 1.82) is 0 Å². The van der Waals surface area contributed by atoms with Crippen molar-refractivity contribution in [2.75, 3.05) is 17.7 Å². The molecule has 0 fully saturated rings. The largest absolute Gasteiger partial charge is 0.393 e. The van der Waals surface area contributed by atoms with Crippen LogP contribution in [0.1, 0.15) is 10.4 Å². The minimum Gasteiger partial charge on any atom is -0.393 e. The molecule has 2 N–H and O–H groups in total. The zero-order chi connectivity index (χ0) is 15.6. The lowest BCUT2D eigenvalue weighted by atomic mass is 10.1. The van der Waals surface area contributed by atoms with Gasteiger partial charge in [0.1, 0.15) is 11.5 Å². The number of rotatable bonds is 3. The number of nitrogen functional groups attached to an aromatic ring is 1. The number of carbonyl (C=O) groups excluding carboxylic acids is 1. The van der Waals surface area contributed by atoms with E-state index in [2.05, 4.69) is 0 Å². The smallest absolute Gasteiger partial charge is 0.292 e. The molecule has 0 radical (unpaired) electrons. The molecule has 0 unspecified atom stereocenters. The van der Waals surface area contributed by atoms with Crippen molar-refractivity contribution in [2.45, 2.75) is 0 Å². The van der Waals surface area contributed by atoms with Crippen LogP contribution in [0.2, 0.25) is 0 Å². The molecule has 7 heteroatoms. The molecular formula is C14H12FN3O3. The summed E-state index contributed by atoms with van der Waals surface area (Å²) in [4.78, 5) is 23.7. The van der Waals surface area contributed by atoms with Crippen molar-refractivity contribution in [3.63, 3.8) is 0 Å². The molecule has 0 atom stereocenters. The summed E-state index contributed by atoms with van der Waals surface area (Å²) in [6.45, 7) is 0. The molecule has 6 nitrogen and oxygen atoms in total. The predicted octanol–water partition coefficient (Wildman–Crippen LogP) is 2.59.